The van der Waals surface area contributed by atoms with Crippen molar-refractivity contribution in [1.82, 2.24) is 9.97 Å². The standard InChI is InChI=1S/C26H31N5O6S2/c1-26(2,27)12-14-36-21-10-9-20-24(29-21)38-25(28-20)30-23(32)22(31-37-17-11-13-35-15-17)16-3-5-18(6-4-16)39(33,34)19-7-8-19/h3-6,9-10,17,19H,7-8,11-15,27H2,1-2H3,(H,28,30,32)/t17-/m1/s1. The second kappa shape index (κ2) is 11.2. The third kappa shape index (κ3) is 6.90. The van der Waals surface area contributed by atoms with Crippen LogP contribution in [0.1, 0.15) is 45.1 Å². The van der Waals surface area contributed by atoms with E-state index in [1.165, 1.54) is 23.5 Å². The minimum Gasteiger partial charge on any atom is -0.478 e. The van der Waals surface area contributed by atoms with Gasteiger partial charge in [-0.3, -0.25) is 10.1 Å². The fourth-order valence-electron chi connectivity index (χ4n) is 3.83. The number of hydrogen-bond donors (Lipinski definition) is 2. The van der Waals surface area contributed by atoms with Crippen molar-refractivity contribution in [2.45, 2.75) is 61.3 Å². The van der Waals surface area contributed by atoms with Crippen LogP contribution in [0.15, 0.2) is 46.4 Å². The van der Waals surface area contributed by atoms with Gasteiger partial charge >= 0.3 is 0 Å². The second-order valence-corrected chi connectivity index (χ2v) is 13.5. The summed E-state index contributed by atoms with van der Waals surface area (Å²) in [7, 11) is -3.35. The predicted octanol–water partition coefficient (Wildman–Crippen LogP) is 3.28. The number of sulfone groups is 1. The zero-order valence-corrected chi connectivity index (χ0v) is 23.4. The Balaban J connectivity index is 1.33. The molecule has 2 fully saturated rings. The van der Waals surface area contributed by atoms with Gasteiger partial charge in [0.25, 0.3) is 5.91 Å². The number of nitrogens with one attached hydrogen (secondary N) is 1. The van der Waals surface area contributed by atoms with Gasteiger partial charge < -0.3 is 20.0 Å². The number of carbonyl (C=O) groups excluding carboxylic acids is 1. The lowest BCUT2D eigenvalue weighted by atomic mass is 10.0. The summed E-state index contributed by atoms with van der Waals surface area (Å²) in [5.41, 5.74) is 6.68. The lowest BCUT2D eigenvalue weighted by Gasteiger charge is -2.17. The smallest absolute Gasteiger partial charge is 0.280 e. The first-order valence-corrected chi connectivity index (χ1v) is 15.1. The summed E-state index contributed by atoms with van der Waals surface area (Å²) in [6.07, 6.45) is 2.41. The highest BCUT2D eigenvalue weighted by Crippen LogP contribution is 2.33. The van der Waals surface area contributed by atoms with E-state index in [0.717, 1.165) is 0 Å². The SMILES string of the molecule is CC(C)(N)CCOc1ccc2nc(NC(=O)C(=NO[C@@H]3CCOC3)c3ccc(S(=O)(=O)C4CC4)cc3)sc2n1. The van der Waals surface area contributed by atoms with Gasteiger partial charge in [-0.1, -0.05) is 28.6 Å². The molecule has 3 heterocycles. The van der Waals surface area contributed by atoms with Crippen LogP contribution < -0.4 is 15.8 Å². The van der Waals surface area contributed by atoms with Crippen molar-refractivity contribution in [3.05, 3.63) is 42.0 Å². The number of thiazole rings is 1. The molecule has 1 aromatic carbocycles. The molecule has 13 heteroatoms. The summed E-state index contributed by atoms with van der Waals surface area (Å²) in [5, 5.41) is 6.91. The topological polar surface area (TPSA) is 155 Å². The Morgan fingerprint density at radius 1 is 1.18 bits per heavy atom. The van der Waals surface area contributed by atoms with Gasteiger partial charge in [0, 0.05) is 23.6 Å². The molecule has 1 aliphatic carbocycles. The number of nitrogens with two attached hydrogens (primary N) is 1. The van der Waals surface area contributed by atoms with E-state index in [0.29, 0.717) is 72.4 Å². The van der Waals surface area contributed by atoms with Crippen molar-refractivity contribution >= 4 is 48.3 Å². The number of hydrogen-bond acceptors (Lipinski definition) is 11. The number of pyridine rings is 1. The molecule has 1 atom stereocenters. The Hall–Kier alpha value is -3.13. The van der Waals surface area contributed by atoms with Crippen LogP contribution in [0.2, 0.25) is 0 Å². The Bertz CT molecular complexity index is 1470. The van der Waals surface area contributed by atoms with Crippen LogP contribution in [0.4, 0.5) is 5.13 Å². The maximum atomic E-state index is 13.3. The number of amides is 1. The van der Waals surface area contributed by atoms with Crippen molar-refractivity contribution < 1.29 is 27.5 Å². The van der Waals surface area contributed by atoms with E-state index in [-0.39, 0.29) is 27.5 Å². The number of benzene rings is 1. The van der Waals surface area contributed by atoms with Gasteiger partial charge in [-0.05, 0) is 51.3 Å². The number of fused-ring (bicyclic) bond motifs is 1. The third-order valence-electron chi connectivity index (χ3n) is 6.26. The Morgan fingerprint density at radius 2 is 1.95 bits per heavy atom. The van der Waals surface area contributed by atoms with E-state index in [1.807, 2.05) is 13.8 Å². The normalized spacial score (nSPS) is 18.3. The molecule has 1 amide bonds. The van der Waals surface area contributed by atoms with Gasteiger partial charge in [0.2, 0.25) is 5.88 Å². The lowest BCUT2D eigenvalue weighted by molar-refractivity contribution is -0.110. The van der Waals surface area contributed by atoms with E-state index in [9.17, 15) is 13.2 Å². The summed E-state index contributed by atoms with van der Waals surface area (Å²) in [4.78, 5) is 28.7. The Morgan fingerprint density at radius 3 is 2.62 bits per heavy atom. The number of rotatable bonds is 11. The molecule has 0 spiro atoms. The van der Waals surface area contributed by atoms with Crippen molar-refractivity contribution in [2.75, 3.05) is 25.1 Å². The molecule has 1 aliphatic heterocycles. The molecular weight excluding hydrogens is 542 g/mol. The van der Waals surface area contributed by atoms with Gasteiger partial charge in [-0.25, -0.2) is 18.4 Å². The fourth-order valence-corrected chi connectivity index (χ4v) is 6.31. The molecule has 0 radical (unpaired) electrons. The number of carbonyl (C=O) groups is 1. The molecule has 5 rings (SSSR count). The first-order valence-electron chi connectivity index (χ1n) is 12.7. The number of oxime groups is 1. The fraction of sp³-hybridized carbons (Fsp3) is 0.462. The van der Waals surface area contributed by atoms with Crippen molar-refractivity contribution in [2.24, 2.45) is 10.9 Å². The lowest BCUT2D eigenvalue weighted by Crippen LogP contribution is -2.33. The molecule has 2 aromatic heterocycles. The Labute approximate surface area is 230 Å². The monoisotopic (exact) mass is 573 g/mol. The molecule has 3 aromatic rings. The first-order chi connectivity index (χ1) is 18.6. The van der Waals surface area contributed by atoms with E-state index in [2.05, 4.69) is 20.4 Å². The molecule has 39 heavy (non-hydrogen) atoms. The van der Waals surface area contributed by atoms with E-state index < -0.39 is 15.7 Å². The zero-order valence-electron chi connectivity index (χ0n) is 21.8. The van der Waals surface area contributed by atoms with Crippen LogP contribution in [0, 0.1) is 0 Å². The van der Waals surface area contributed by atoms with Crippen LogP contribution >= 0.6 is 11.3 Å². The first kappa shape index (κ1) is 27.4. The van der Waals surface area contributed by atoms with Crippen molar-refractivity contribution in [3.8, 4) is 5.88 Å². The summed E-state index contributed by atoms with van der Waals surface area (Å²) in [6.45, 7) is 5.23. The van der Waals surface area contributed by atoms with Gasteiger partial charge in [0.05, 0.1) is 30.0 Å². The van der Waals surface area contributed by atoms with Gasteiger partial charge in [-0.15, -0.1) is 0 Å². The molecule has 2 aliphatic rings. The number of anilines is 1. The molecule has 1 saturated heterocycles. The van der Waals surface area contributed by atoms with Crippen molar-refractivity contribution in [3.63, 3.8) is 0 Å². The quantitative estimate of drug-likeness (QED) is 0.260. The highest BCUT2D eigenvalue weighted by molar-refractivity contribution is 7.92. The summed E-state index contributed by atoms with van der Waals surface area (Å²) < 4.78 is 36.2. The second-order valence-electron chi connectivity index (χ2n) is 10.3. The predicted molar refractivity (Wildman–Crippen MR) is 148 cm³/mol. The van der Waals surface area contributed by atoms with Gasteiger partial charge in [0.15, 0.2) is 26.8 Å². The van der Waals surface area contributed by atoms with Gasteiger partial charge in [0.1, 0.15) is 10.3 Å². The van der Waals surface area contributed by atoms with Crippen LogP contribution in [-0.4, -0.2) is 66.7 Å². The summed E-state index contributed by atoms with van der Waals surface area (Å²) in [5.74, 6) is -0.101. The van der Waals surface area contributed by atoms with Crippen LogP contribution in [-0.2, 0) is 24.2 Å². The van der Waals surface area contributed by atoms with Crippen LogP contribution in [0.5, 0.6) is 5.88 Å². The average molecular weight is 574 g/mol. The molecule has 0 bridgehead atoms. The number of aromatic nitrogens is 2. The van der Waals surface area contributed by atoms with Crippen LogP contribution in [0.25, 0.3) is 10.3 Å². The molecule has 3 N–H and O–H groups in total. The van der Waals surface area contributed by atoms with E-state index in [4.69, 9.17) is 20.0 Å². The largest absolute Gasteiger partial charge is 0.478 e. The maximum Gasteiger partial charge on any atom is 0.280 e. The molecule has 208 valence electrons. The Kier molecular flexibility index (Phi) is 7.85. The minimum absolute atomic E-state index is 0.00194. The summed E-state index contributed by atoms with van der Waals surface area (Å²) in [6, 6.07) is 9.62. The van der Waals surface area contributed by atoms with Crippen molar-refractivity contribution in [1.29, 1.82) is 0 Å². The average Bonchev–Trinajstić information content (AvgIpc) is 3.49. The molecule has 11 nitrogen and oxygen atoms in total. The zero-order chi connectivity index (χ0) is 27.6. The highest BCUT2D eigenvalue weighted by atomic mass is 32.2. The third-order valence-corrected chi connectivity index (χ3v) is 9.42. The number of nitrogens with zero attached hydrogens (tertiary/aromatic N) is 3. The number of ether oxygens (including phenoxy) is 2. The van der Waals surface area contributed by atoms with E-state index >= 15 is 0 Å². The molecule has 0 unspecified atom stereocenters. The molecular formula is C26H31N5O6S2. The maximum absolute atomic E-state index is 13.3. The van der Waals surface area contributed by atoms with Crippen LogP contribution in [0.3, 0.4) is 0 Å². The summed E-state index contributed by atoms with van der Waals surface area (Å²) >= 11 is 1.20. The van der Waals surface area contributed by atoms with E-state index in [1.54, 1.807) is 24.3 Å². The minimum atomic E-state index is -3.35. The van der Waals surface area contributed by atoms with Gasteiger partial charge in [-0.2, -0.15) is 0 Å². The molecule has 1 saturated carbocycles. The highest BCUT2D eigenvalue weighted by Gasteiger charge is 2.36.